The van der Waals surface area contributed by atoms with Crippen molar-refractivity contribution in [2.45, 2.75) is 0 Å². The Bertz CT molecular complexity index is 550. The van der Waals surface area contributed by atoms with E-state index < -0.39 is 0 Å². The van der Waals surface area contributed by atoms with E-state index in [1.54, 1.807) is 23.6 Å². The van der Waals surface area contributed by atoms with Gasteiger partial charge in [0, 0.05) is 5.38 Å². The number of hydrogen-bond donors (Lipinski definition) is 1. The lowest BCUT2D eigenvalue weighted by Crippen LogP contribution is -2.11. The Morgan fingerprint density at radius 3 is 2.47 bits per heavy atom. The van der Waals surface area contributed by atoms with Crippen LogP contribution in [0.25, 0.3) is 0 Å². The summed E-state index contributed by atoms with van der Waals surface area (Å²) >= 11 is 15.6. The summed E-state index contributed by atoms with van der Waals surface area (Å²) in [6.07, 6.45) is 0. The average molecular weight is 398 g/mol. The van der Waals surface area contributed by atoms with Crippen LogP contribution >= 0.6 is 57.1 Å². The molecule has 0 bridgehead atoms. The molecular weight excluding hydrogens is 392 g/mol. The molecule has 17 heavy (non-hydrogen) atoms. The second kappa shape index (κ2) is 5.56. The number of thiophene rings is 1. The van der Waals surface area contributed by atoms with E-state index in [0.717, 1.165) is 2.88 Å². The van der Waals surface area contributed by atoms with Crippen molar-refractivity contribution in [3.63, 3.8) is 0 Å². The highest BCUT2D eigenvalue weighted by molar-refractivity contribution is 14.1. The third-order valence-electron chi connectivity index (χ3n) is 2.03. The molecule has 0 spiro atoms. The number of benzene rings is 1. The summed E-state index contributed by atoms with van der Waals surface area (Å²) < 4.78 is 1.05. The van der Waals surface area contributed by atoms with E-state index >= 15 is 0 Å². The summed E-state index contributed by atoms with van der Waals surface area (Å²) in [5, 5.41) is 5.36. The molecule has 0 atom stereocenters. The Balaban J connectivity index is 2.24. The minimum atomic E-state index is -0.209. The van der Waals surface area contributed by atoms with E-state index in [9.17, 15) is 4.79 Å². The maximum atomic E-state index is 11.9. The van der Waals surface area contributed by atoms with E-state index in [4.69, 9.17) is 23.2 Å². The number of anilines is 1. The van der Waals surface area contributed by atoms with E-state index in [1.165, 1.54) is 11.3 Å². The van der Waals surface area contributed by atoms with Crippen LogP contribution in [0.3, 0.4) is 0 Å². The van der Waals surface area contributed by atoms with Crippen LogP contribution in [0.4, 0.5) is 5.69 Å². The third kappa shape index (κ3) is 3.13. The van der Waals surface area contributed by atoms with Crippen LogP contribution in [0.5, 0.6) is 0 Å². The molecule has 1 amide bonds. The number of rotatable bonds is 2. The maximum absolute atomic E-state index is 11.9. The zero-order chi connectivity index (χ0) is 12.4. The van der Waals surface area contributed by atoms with Gasteiger partial charge >= 0.3 is 0 Å². The van der Waals surface area contributed by atoms with Crippen LogP contribution in [-0.2, 0) is 0 Å². The molecular formula is C11H6Cl2INOS. The molecule has 0 unspecified atom stereocenters. The van der Waals surface area contributed by atoms with Crippen molar-refractivity contribution in [2.75, 3.05) is 5.32 Å². The highest BCUT2D eigenvalue weighted by atomic mass is 127. The van der Waals surface area contributed by atoms with Crippen LogP contribution in [0.1, 0.15) is 10.4 Å². The van der Waals surface area contributed by atoms with Gasteiger partial charge in [-0.2, -0.15) is 0 Å². The molecule has 0 aliphatic carbocycles. The minimum absolute atomic E-state index is 0.209. The molecule has 0 fully saturated rings. The normalized spacial score (nSPS) is 10.3. The van der Waals surface area contributed by atoms with Gasteiger partial charge in [0.15, 0.2) is 0 Å². The van der Waals surface area contributed by atoms with Gasteiger partial charge in [0.1, 0.15) is 0 Å². The van der Waals surface area contributed by atoms with Gasteiger partial charge in [0.2, 0.25) is 0 Å². The van der Waals surface area contributed by atoms with Crippen molar-refractivity contribution in [2.24, 2.45) is 0 Å². The molecule has 0 radical (unpaired) electrons. The second-order valence-corrected chi connectivity index (χ2v) is 6.81. The molecule has 2 rings (SSSR count). The van der Waals surface area contributed by atoms with Crippen molar-refractivity contribution in [3.8, 4) is 0 Å². The van der Waals surface area contributed by atoms with Gasteiger partial charge < -0.3 is 5.32 Å². The first-order valence-electron chi connectivity index (χ1n) is 4.57. The van der Waals surface area contributed by atoms with Crippen molar-refractivity contribution >= 4 is 68.7 Å². The summed E-state index contributed by atoms with van der Waals surface area (Å²) in [7, 11) is 0. The van der Waals surface area contributed by atoms with E-state index in [-0.39, 0.29) is 5.91 Å². The number of carbonyl (C=O) groups excluding carboxylic acids is 1. The maximum Gasteiger partial charge on any atom is 0.256 e. The Labute approximate surface area is 126 Å². The largest absolute Gasteiger partial charge is 0.319 e. The van der Waals surface area contributed by atoms with Crippen LogP contribution in [-0.4, -0.2) is 5.91 Å². The highest BCUT2D eigenvalue weighted by Gasteiger charge is 2.12. The minimum Gasteiger partial charge on any atom is -0.319 e. The molecule has 1 aromatic carbocycles. The van der Waals surface area contributed by atoms with Crippen LogP contribution < -0.4 is 5.32 Å². The summed E-state index contributed by atoms with van der Waals surface area (Å²) in [6.45, 7) is 0. The zero-order valence-electron chi connectivity index (χ0n) is 8.34. The quantitative estimate of drug-likeness (QED) is 0.716. The number of para-hydroxylation sites is 1. The molecule has 88 valence electrons. The molecule has 0 saturated heterocycles. The first-order valence-corrected chi connectivity index (χ1v) is 7.29. The lowest BCUT2D eigenvalue weighted by Gasteiger charge is -2.07. The zero-order valence-corrected chi connectivity index (χ0v) is 12.8. The van der Waals surface area contributed by atoms with E-state index in [0.29, 0.717) is 21.3 Å². The fourth-order valence-electron chi connectivity index (χ4n) is 1.23. The highest BCUT2D eigenvalue weighted by Crippen LogP contribution is 2.30. The number of nitrogens with one attached hydrogen (secondary N) is 1. The van der Waals surface area contributed by atoms with Gasteiger partial charge in [-0.25, -0.2) is 0 Å². The van der Waals surface area contributed by atoms with Gasteiger partial charge in [-0.05, 0) is 40.8 Å². The van der Waals surface area contributed by atoms with Crippen LogP contribution in [0.2, 0.25) is 10.0 Å². The van der Waals surface area contributed by atoms with Crippen molar-refractivity contribution in [1.82, 2.24) is 0 Å². The van der Waals surface area contributed by atoms with Crippen molar-refractivity contribution < 1.29 is 4.79 Å². The summed E-state index contributed by atoms with van der Waals surface area (Å²) in [5.41, 5.74) is 1.05. The number of halogens is 3. The molecule has 2 nitrogen and oxygen atoms in total. The van der Waals surface area contributed by atoms with Gasteiger partial charge in [0.05, 0.1) is 24.2 Å². The molecule has 2 aromatic rings. The predicted molar refractivity (Wildman–Crippen MR) is 81.5 cm³/mol. The smallest absolute Gasteiger partial charge is 0.256 e. The van der Waals surface area contributed by atoms with Crippen LogP contribution in [0.15, 0.2) is 29.6 Å². The van der Waals surface area contributed by atoms with Gasteiger partial charge in [-0.1, -0.05) is 29.3 Å². The first-order chi connectivity index (χ1) is 8.08. The third-order valence-corrected chi connectivity index (χ3v) is 4.45. The SMILES string of the molecule is O=C(Nc1c(Cl)cccc1Cl)c1csc(I)c1. The lowest BCUT2D eigenvalue weighted by molar-refractivity contribution is 0.102. The van der Waals surface area contributed by atoms with Crippen LogP contribution in [0, 0.1) is 2.88 Å². The Hall–Kier alpha value is -0.300. The van der Waals surface area contributed by atoms with Gasteiger partial charge in [-0.15, -0.1) is 11.3 Å². The molecule has 1 aromatic heterocycles. The van der Waals surface area contributed by atoms with Crippen molar-refractivity contribution in [1.29, 1.82) is 0 Å². The molecule has 0 saturated carbocycles. The van der Waals surface area contributed by atoms with E-state index in [2.05, 4.69) is 27.9 Å². The number of amides is 1. The van der Waals surface area contributed by atoms with E-state index in [1.807, 2.05) is 6.07 Å². The Kier molecular flexibility index (Phi) is 4.30. The second-order valence-electron chi connectivity index (χ2n) is 3.19. The standard InChI is InChI=1S/C11H6Cl2INOS/c12-7-2-1-3-8(13)10(7)15-11(16)6-4-9(14)17-5-6/h1-5H,(H,15,16). The Morgan fingerprint density at radius 2 is 1.94 bits per heavy atom. The number of carbonyl (C=O) groups is 1. The molecule has 6 heteroatoms. The van der Waals surface area contributed by atoms with Crippen molar-refractivity contribution in [3.05, 3.63) is 48.1 Å². The summed E-state index contributed by atoms with van der Waals surface area (Å²) in [4.78, 5) is 11.9. The predicted octanol–water partition coefficient (Wildman–Crippen LogP) is 4.91. The molecule has 0 aliphatic heterocycles. The van der Waals surface area contributed by atoms with Gasteiger partial charge in [0.25, 0.3) is 5.91 Å². The monoisotopic (exact) mass is 397 g/mol. The molecule has 0 aliphatic rings. The topological polar surface area (TPSA) is 29.1 Å². The average Bonchev–Trinajstić information content (AvgIpc) is 2.70. The lowest BCUT2D eigenvalue weighted by atomic mass is 10.3. The molecule has 1 heterocycles. The Morgan fingerprint density at radius 1 is 1.29 bits per heavy atom. The molecule has 1 N–H and O–H groups in total. The summed E-state index contributed by atoms with van der Waals surface area (Å²) in [5.74, 6) is -0.209. The first kappa shape index (κ1) is 13.1. The summed E-state index contributed by atoms with van der Waals surface area (Å²) in [6, 6.07) is 6.90. The number of hydrogen-bond acceptors (Lipinski definition) is 2. The van der Waals surface area contributed by atoms with Gasteiger partial charge in [-0.3, -0.25) is 4.79 Å². The fraction of sp³-hybridized carbons (Fsp3) is 0. The fourth-order valence-corrected chi connectivity index (χ4v) is 3.05.